The highest BCUT2D eigenvalue weighted by atomic mass is 16.2. The number of carbonyl (C=O) groups excluding carboxylic acids is 2. The van der Waals surface area contributed by atoms with E-state index in [-0.39, 0.29) is 6.03 Å². The first-order valence-electron chi connectivity index (χ1n) is 4.76. The van der Waals surface area contributed by atoms with Crippen LogP contribution in [0.5, 0.6) is 0 Å². The Morgan fingerprint density at radius 1 is 1.36 bits per heavy atom. The molecule has 0 aliphatic rings. The Morgan fingerprint density at radius 2 is 1.93 bits per heavy atom. The van der Waals surface area contributed by atoms with Gasteiger partial charge >= 0.3 is 6.03 Å². The van der Waals surface area contributed by atoms with Gasteiger partial charge in [-0.3, -0.25) is 4.79 Å². The van der Waals surface area contributed by atoms with Crippen molar-refractivity contribution in [2.24, 2.45) is 5.73 Å². The number of hydrogen-bond acceptors (Lipinski definition) is 2. The van der Waals surface area contributed by atoms with Gasteiger partial charge in [0.25, 0.3) is 0 Å². The van der Waals surface area contributed by atoms with Crippen LogP contribution < -0.4 is 16.4 Å². The summed E-state index contributed by atoms with van der Waals surface area (Å²) in [4.78, 5) is 22.1. The smallest absolute Gasteiger partial charge is 0.315 e. The maximum absolute atomic E-state index is 11.2. The lowest BCUT2D eigenvalue weighted by atomic mass is 10.1. The predicted octanol–water partition coefficient (Wildman–Crippen LogP) is 0.350. The molecule has 0 heterocycles. The molecule has 0 radical (unpaired) electrons. The predicted molar refractivity (Wildman–Crippen MR) is 54.7 cm³/mol. The average molecular weight is 201 g/mol. The fourth-order valence-corrected chi connectivity index (χ4v) is 0.768. The summed E-state index contributed by atoms with van der Waals surface area (Å²) in [6.07, 6.45) is 1.93. The van der Waals surface area contributed by atoms with Gasteiger partial charge in [-0.25, -0.2) is 4.79 Å². The van der Waals surface area contributed by atoms with Gasteiger partial charge in [0.2, 0.25) is 5.91 Å². The van der Waals surface area contributed by atoms with Crippen molar-refractivity contribution in [3.63, 3.8) is 0 Å². The number of nitrogens with one attached hydrogen (secondary N) is 2. The first-order valence-corrected chi connectivity index (χ1v) is 4.76. The molecule has 0 rings (SSSR count). The van der Waals surface area contributed by atoms with E-state index in [0.29, 0.717) is 6.54 Å². The second kappa shape index (κ2) is 5.47. The van der Waals surface area contributed by atoms with E-state index in [2.05, 4.69) is 10.6 Å². The van der Waals surface area contributed by atoms with Crippen LogP contribution in [0.15, 0.2) is 0 Å². The number of amides is 3. The molecule has 0 atom stereocenters. The highest BCUT2D eigenvalue weighted by molar-refractivity contribution is 5.88. The molecule has 5 nitrogen and oxygen atoms in total. The van der Waals surface area contributed by atoms with Gasteiger partial charge in [-0.15, -0.1) is 0 Å². The molecule has 0 unspecified atom stereocenters. The Bertz CT molecular complexity index is 214. The van der Waals surface area contributed by atoms with Crippen molar-refractivity contribution in [1.82, 2.24) is 10.6 Å². The lowest BCUT2D eigenvalue weighted by Gasteiger charge is -2.22. The van der Waals surface area contributed by atoms with Gasteiger partial charge in [-0.2, -0.15) is 0 Å². The van der Waals surface area contributed by atoms with Crippen molar-refractivity contribution in [1.29, 1.82) is 0 Å². The summed E-state index contributed by atoms with van der Waals surface area (Å²) < 4.78 is 0. The van der Waals surface area contributed by atoms with E-state index < -0.39 is 11.4 Å². The zero-order valence-electron chi connectivity index (χ0n) is 9.02. The lowest BCUT2D eigenvalue weighted by molar-refractivity contribution is -0.122. The SMILES string of the molecule is CCCCNC(=O)NC(C)(C)C(N)=O. The number of urea groups is 1. The van der Waals surface area contributed by atoms with Gasteiger partial charge in [0.15, 0.2) is 0 Å². The van der Waals surface area contributed by atoms with Gasteiger partial charge in [-0.05, 0) is 20.3 Å². The molecule has 0 spiro atoms. The first-order chi connectivity index (χ1) is 6.40. The number of carbonyl (C=O) groups is 2. The monoisotopic (exact) mass is 201 g/mol. The Labute approximate surface area is 84.4 Å². The molecule has 0 aromatic rings. The van der Waals surface area contributed by atoms with Crippen LogP contribution in [0.3, 0.4) is 0 Å². The molecule has 82 valence electrons. The van der Waals surface area contributed by atoms with E-state index in [1.165, 1.54) is 0 Å². The van der Waals surface area contributed by atoms with E-state index >= 15 is 0 Å². The van der Waals surface area contributed by atoms with Crippen molar-refractivity contribution < 1.29 is 9.59 Å². The second-order valence-corrected chi connectivity index (χ2v) is 3.72. The van der Waals surface area contributed by atoms with Crippen molar-refractivity contribution in [2.45, 2.75) is 39.2 Å². The molecule has 3 amide bonds. The van der Waals surface area contributed by atoms with E-state index in [9.17, 15) is 9.59 Å². The summed E-state index contributed by atoms with van der Waals surface area (Å²) in [5.74, 6) is -0.553. The van der Waals surface area contributed by atoms with Crippen molar-refractivity contribution >= 4 is 11.9 Å². The van der Waals surface area contributed by atoms with E-state index in [4.69, 9.17) is 5.73 Å². The van der Waals surface area contributed by atoms with E-state index in [0.717, 1.165) is 12.8 Å². The quantitative estimate of drug-likeness (QED) is 0.561. The van der Waals surface area contributed by atoms with Crippen molar-refractivity contribution in [3.8, 4) is 0 Å². The molecule has 0 saturated carbocycles. The Kier molecular flexibility index (Phi) is 4.97. The zero-order valence-corrected chi connectivity index (χ0v) is 9.02. The van der Waals surface area contributed by atoms with Crippen LogP contribution in [-0.4, -0.2) is 24.0 Å². The summed E-state index contributed by atoms with van der Waals surface area (Å²) in [7, 11) is 0. The summed E-state index contributed by atoms with van der Waals surface area (Å²) >= 11 is 0. The third-order valence-corrected chi connectivity index (χ3v) is 1.86. The van der Waals surface area contributed by atoms with Gasteiger partial charge < -0.3 is 16.4 Å². The first kappa shape index (κ1) is 12.7. The third kappa shape index (κ3) is 4.69. The molecular formula is C9H19N3O2. The fraction of sp³-hybridized carbons (Fsp3) is 0.778. The Hall–Kier alpha value is -1.26. The Morgan fingerprint density at radius 3 is 2.36 bits per heavy atom. The molecular weight excluding hydrogens is 182 g/mol. The summed E-state index contributed by atoms with van der Waals surface area (Å²) in [5.41, 5.74) is 4.09. The standard InChI is InChI=1S/C9H19N3O2/c1-4-5-6-11-8(14)12-9(2,3)7(10)13/h4-6H2,1-3H3,(H2,10,13)(H2,11,12,14). The molecule has 0 aliphatic carbocycles. The zero-order chi connectivity index (χ0) is 11.2. The summed E-state index contributed by atoms with van der Waals surface area (Å²) in [6, 6.07) is -0.359. The number of rotatable bonds is 5. The molecule has 4 N–H and O–H groups in total. The minimum absolute atomic E-state index is 0.359. The van der Waals surface area contributed by atoms with E-state index in [1.54, 1.807) is 13.8 Å². The van der Waals surface area contributed by atoms with Crippen LogP contribution in [0, 0.1) is 0 Å². The van der Waals surface area contributed by atoms with Gasteiger partial charge in [0, 0.05) is 6.54 Å². The molecule has 14 heavy (non-hydrogen) atoms. The molecule has 0 saturated heterocycles. The minimum atomic E-state index is -1.00. The van der Waals surface area contributed by atoms with Crippen LogP contribution in [0.25, 0.3) is 0 Å². The molecule has 0 aromatic heterocycles. The molecule has 0 aliphatic heterocycles. The third-order valence-electron chi connectivity index (χ3n) is 1.86. The normalized spacial score (nSPS) is 10.8. The molecule has 0 fully saturated rings. The largest absolute Gasteiger partial charge is 0.368 e. The van der Waals surface area contributed by atoms with E-state index in [1.807, 2.05) is 6.92 Å². The number of hydrogen-bond donors (Lipinski definition) is 3. The van der Waals surface area contributed by atoms with Gasteiger partial charge in [0.1, 0.15) is 5.54 Å². The lowest BCUT2D eigenvalue weighted by Crippen LogP contribution is -2.55. The van der Waals surface area contributed by atoms with Crippen LogP contribution in [0.2, 0.25) is 0 Å². The Balaban J connectivity index is 3.88. The van der Waals surface area contributed by atoms with Crippen LogP contribution in [-0.2, 0) is 4.79 Å². The topological polar surface area (TPSA) is 84.2 Å². The number of nitrogens with two attached hydrogens (primary N) is 1. The number of primary amides is 1. The molecule has 0 aromatic carbocycles. The van der Waals surface area contributed by atoms with Crippen LogP contribution in [0.1, 0.15) is 33.6 Å². The maximum atomic E-state index is 11.2. The number of unbranched alkanes of at least 4 members (excludes halogenated alkanes) is 1. The maximum Gasteiger partial charge on any atom is 0.315 e. The summed E-state index contributed by atoms with van der Waals surface area (Å²) in [5, 5.41) is 5.13. The molecule has 0 bridgehead atoms. The second-order valence-electron chi connectivity index (χ2n) is 3.72. The molecule has 5 heteroatoms. The van der Waals surface area contributed by atoms with Gasteiger partial charge in [-0.1, -0.05) is 13.3 Å². The highest BCUT2D eigenvalue weighted by Crippen LogP contribution is 1.99. The van der Waals surface area contributed by atoms with Crippen LogP contribution >= 0.6 is 0 Å². The highest BCUT2D eigenvalue weighted by Gasteiger charge is 2.26. The van der Waals surface area contributed by atoms with Crippen molar-refractivity contribution in [2.75, 3.05) is 6.54 Å². The van der Waals surface area contributed by atoms with Gasteiger partial charge in [0.05, 0.1) is 0 Å². The summed E-state index contributed by atoms with van der Waals surface area (Å²) in [6.45, 7) is 5.77. The van der Waals surface area contributed by atoms with Crippen LogP contribution in [0.4, 0.5) is 4.79 Å². The van der Waals surface area contributed by atoms with Crippen molar-refractivity contribution in [3.05, 3.63) is 0 Å². The fourth-order valence-electron chi connectivity index (χ4n) is 0.768. The minimum Gasteiger partial charge on any atom is -0.368 e. The average Bonchev–Trinajstić information content (AvgIpc) is 2.03.